The molecule has 0 aliphatic carbocycles. The summed E-state index contributed by atoms with van der Waals surface area (Å²) in [6.07, 6.45) is -7.66. The molecule has 0 rings (SSSR count). The van der Waals surface area contributed by atoms with Crippen molar-refractivity contribution in [2.45, 2.75) is 24.4 Å². The van der Waals surface area contributed by atoms with Crippen LogP contribution >= 0.6 is 0 Å². The van der Waals surface area contributed by atoms with Gasteiger partial charge in [0.05, 0.1) is 0 Å². The van der Waals surface area contributed by atoms with Gasteiger partial charge in [0.1, 0.15) is 24.4 Å². The van der Waals surface area contributed by atoms with E-state index in [1.807, 2.05) is 0 Å². The Kier molecular flexibility index (Phi) is 5.16. The summed E-state index contributed by atoms with van der Waals surface area (Å²) in [5.74, 6) is 0. The lowest BCUT2D eigenvalue weighted by molar-refractivity contribution is -0.493. The first kappa shape index (κ1) is 12.9. The highest BCUT2D eigenvalue weighted by Crippen LogP contribution is 2.04. The van der Waals surface area contributed by atoms with Crippen molar-refractivity contribution in [3.8, 4) is 0 Å². The Balaban J connectivity index is 4.22. The molecule has 4 N–H and O–H groups in total. The third-order valence-electron chi connectivity index (χ3n) is 1.57. The van der Waals surface area contributed by atoms with Crippen molar-refractivity contribution in [3.05, 3.63) is 10.1 Å². The molecule has 0 aromatic rings. The minimum absolute atomic E-state index is 0.0488. The number of aldehydes is 1. The molecule has 0 spiro atoms. The molecule has 4 atom stereocenters. The van der Waals surface area contributed by atoms with Gasteiger partial charge in [-0.25, -0.2) is 0 Å². The summed E-state index contributed by atoms with van der Waals surface area (Å²) in [5, 5.41) is 45.5. The lowest BCUT2D eigenvalue weighted by Gasteiger charge is -2.21. The van der Waals surface area contributed by atoms with Crippen LogP contribution in [0.5, 0.6) is 0 Å². The van der Waals surface area contributed by atoms with Crippen LogP contribution in [0.3, 0.4) is 0 Å². The van der Waals surface area contributed by atoms with E-state index in [0.717, 1.165) is 0 Å². The van der Waals surface area contributed by atoms with Gasteiger partial charge in [0.2, 0.25) is 6.54 Å². The molecule has 0 heterocycles. The molecule has 8 heteroatoms. The average molecular weight is 209 g/mol. The van der Waals surface area contributed by atoms with Gasteiger partial charge in [-0.1, -0.05) is 0 Å². The molecular weight excluding hydrogens is 198 g/mol. The Bertz CT molecular complexity index is 208. The molecule has 8 nitrogen and oxygen atoms in total. The second-order valence-corrected chi connectivity index (χ2v) is 2.69. The van der Waals surface area contributed by atoms with Crippen LogP contribution in [0.1, 0.15) is 0 Å². The zero-order chi connectivity index (χ0) is 11.3. The molecule has 82 valence electrons. The maximum atomic E-state index is 9.96. The fraction of sp³-hybridized carbons (Fsp3) is 0.833. The van der Waals surface area contributed by atoms with Crippen molar-refractivity contribution in [2.75, 3.05) is 6.54 Å². The van der Waals surface area contributed by atoms with E-state index in [1.54, 1.807) is 0 Å². The van der Waals surface area contributed by atoms with Crippen LogP contribution < -0.4 is 0 Å². The molecule has 0 radical (unpaired) electrons. The van der Waals surface area contributed by atoms with E-state index in [4.69, 9.17) is 20.4 Å². The summed E-state index contributed by atoms with van der Waals surface area (Å²) in [7, 11) is 0. The summed E-state index contributed by atoms with van der Waals surface area (Å²) < 4.78 is 0. The van der Waals surface area contributed by atoms with Gasteiger partial charge in [-0.15, -0.1) is 0 Å². The van der Waals surface area contributed by atoms with E-state index in [2.05, 4.69) is 0 Å². The van der Waals surface area contributed by atoms with E-state index in [1.165, 1.54) is 0 Å². The Labute approximate surface area is 78.6 Å². The van der Waals surface area contributed by atoms with Gasteiger partial charge in [-0.3, -0.25) is 10.1 Å². The number of hydrogen-bond acceptors (Lipinski definition) is 7. The Morgan fingerprint density at radius 1 is 1.21 bits per heavy atom. The van der Waals surface area contributed by atoms with E-state index >= 15 is 0 Å². The topological polar surface area (TPSA) is 141 Å². The molecule has 0 aliphatic rings. The summed E-state index contributed by atoms with van der Waals surface area (Å²) in [5.41, 5.74) is 0. The lowest BCUT2D eigenvalue weighted by Crippen LogP contribution is -2.47. The fourth-order valence-electron chi connectivity index (χ4n) is 0.771. The molecule has 0 aromatic heterocycles. The Hall–Kier alpha value is -1.09. The smallest absolute Gasteiger partial charge is 0.232 e. The van der Waals surface area contributed by atoms with Crippen molar-refractivity contribution in [2.24, 2.45) is 0 Å². The van der Waals surface area contributed by atoms with Crippen molar-refractivity contribution in [1.29, 1.82) is 0 Å². The van der Waals surface area contributed by atoms with Crippen LogP contribution in [-0.4, -0.2) is 62.6 Å². The highest BCUT2D eigenvalue weighted by molar-refractivity contribution is 5.56. The maximum Gasteiger partial charge on any atom is 0.232 e. The summed E-state index contributed by atoms with van der Waals surface area (Å²) >= 11 is 0. The van der Waals surface area contributed by atoms with Crippen LogP contribution in [0.15, 0.2) is 0 Å². The van der Waals surface area contributed by atoms with Gasteiger partial charge in [0.25, 0.3) is 0 Å². The first-order valence-electron chi connectivity index (χ1n) is 3.69. The number of nitrogens with zero attached hydrogens (tertiary/aromatic N) is 1. The number of aliphatic hydroxyl groups excluding tert-OH is 4. The first-order chi connectivity index (χ1) is 6.40. The van der Waals surface area contributed by atoms with Crippen LogP contribution in [-0.2, 0) is 4.79 Å². The third-order valence-corrected chi connectivity index (χ3v) is 1.57. The fourth-order valence-corrected chi connectivity index (χ4v) is 0.771. The van der Waals surface area contributed by atoms with E-state index < -0.39 is 35.9 Å². The predicted octanol–water partition coefficient (Wildman–Crippen LogP) is -3.09. The summed E-state index contributed by atoms with van der Waals surface area (Å²) in [4.78, 5) is 19.0. The summed E-state index contributed by atoms with van der Waals surface area (Å²) in [6.45, 7) is -0.982. The number of rotatable bonds is 6. The number of aliphatic hydroxyl groups is 4. The maximum absolute atomic E-state index is 9.96. The highest BCUT2D eigenvalue weighted by Gasteiger charge is 2.32. The van der Waals surface area contributed by atoms with Crippen molar-refractivity contribution >= 4 is 6.29 Å². The third kappa shape index (κ3) is 3.75. The standard InChI is InChI=1S/C6H11NO7/c8-2-4(10)6(12)5(11)3(9)1-7(13)14/h2-6,9-12H,1H2/t3-,4+,5-,6-/m1/s1. The monoisotopic (exact) mass is 209 g/mol. The molecule has 0 saturated carbocycles. The predicted molar refractivity (Wildman–Crippen MR) is 42.0 cm³/mol. The first-order valence-corrected chi connectivity index (χ1v) is 3.69. The number of nitro groups is 1. The number of hydrogen-bond donors (Lipinski definition) is 4. The van der Waals surface area contributed by atoms with Gasteiger partial charge in [0, 0.05) is 4.92 Å². The van der Waals surface area contributed by atoms with Gasteiger partial charge >= 0.3 is 0 Å². The Morgan fingerprint density at radius 2 is 1.71 bits per heavy atom. The lowest BCUT2D eigenvalue weighted by atomic mass is 10.0. The molecular formula is C6H11NO7. The molecule has 14 heavy (non-hydrogen) atoms. The average Bonchev–Trinajstić information content (AvgIpc) is 2.13. The summed E-state index contributed by atoms with van der Waals surface area (Å²) in [6, 6.07) is 0. The minimum Gasteiger partial charge on any atom is -0.387 e. The van der Waals surface area contributed by atoms with E-state index in [9.17, 15) is 14.9 Å². The van der Waals surface area contributed by atoms with Crippen molar-refractivity contribution in [1.82, 2.24) is 0 Å². The van der Waals surface area contributed by atoms with Gasteiger partial charge in [0.15, 0.2) is 6.29 Å². The molecule has 0 unspecified atom stereocenters. The van der Waals surface area contributed by atoms with Gasteiger partial charge in [-0.2, -0.15) is 0 Å². The van der Waals surface area contributed by atoms with Crippen molar-refractivity contribution in [3.63, 3.8) is 0 Å². The van der Waals surface area contributed by atoms with Crippen LogP contribution in [0.25, 0.3) is 0 Å². The zero-order valence-corrected chi connectivity index (χ0v) is 7.05. The molecule has 0 aliphatic heterocycles. The SMILES string of the molecule is O=C[C@H](O)[C@@H](O)[C@H](O)[C@H](O)C[N+](=O)[O-]. The quantitative estimate of drug-likeness (QED) is 0.206. The zero-order valence-electron chi connectivity index (χ0n) is 7.05. The molecule has 0 fully saturated rings. The van der Waals surface area contributed by atoms with Crippen LogP contribution in [0.4, 0.5) is 0 Å². The minimum atomic E-state index is -1.94. The molecule has 0 bridgehead atoms. The van der Waals surface area contributed by atoms with Gasteiger partial charge in [-0.05, 0) is 0 Å². The largest absolute Gasteiger partial charge is 0.387 e. The molecule has 0 amide bonds. The second-order valence-electron chi connectivity index (χ2n) is 2.69. The van der Waals surface area contributed by atoms with E-state index in [0.29, 0.717) is 0 Å². The van der Waals surface area contributed by atoms with Crippen LogP contribution in [0, 0.1) is 10.1 Å². The normalized spacial score (nSPS) is 19.4. The van der Waals surface area contributed by atoms with Crippen molar-refractivity contribution < 1.29 is 30.1 Å². The van der Waals surface area contributed by atoms with Gasteiger partial charge < -0.3 is 25.2 Å². The van der Waals surface area contributed by atoms with E-state index in [-0.39, 0.29) is 6.29 Å². The number of carbonyl (C=O) groups excluding carboxylic acids is 1. The highest BCUT2D eigenvalue weighted by atomic mass is 16.6. The molecule has 0 aromatic carbocycles. The molecule has 0 saturated heterocycles. The van der Waals surface area contributed by atoms with Crippen LogP contribution in [0.2, 0.25) is 0 Å². The second kappa shape index (κ2) is 5.60. The Morgan fingerprint density at radius 3 is 2.07 bits per heavy atom. The number of carbonyl (C=O) groups is 1.